The summed E-state index contributed by atoms with van der Waals surface area (Å²) in [7, 11) is -3.68. The molecule has 0 aliphatic carbocycles. The van der Waals surface area contributed by atoms with Crippen molar-refractivity contribution in [3.63, 3.8) is 0 Å². The van der Waals surface area contributed by atoms with Crippen molar-refractivity contribution in [2.24, 2.45) is 5.92 Å². The van der Waals surface area contributed by atoms with Crippen LogP contribution in [0.25, 0.3) is 5.65 Å². The first-order valence-corrected chi connectivity index (χ1v) is 10.6. The lowest BCUT2D eigenvalue weighted by molar-refractivity contribution is -0.120. The maximum absolute atomic E-state index is 12.9. The van der Waals surface area contributed by atoms with E-state index >= 15 is 0 Å². The number of nitrogens with one attached hydrogen (secondary N) is 1. The number of sulfonamides is 1. The van der Waals surface area contributed by atoms with Gasteiger partial charge in [-0.15, -0.1) is 0 Å². The number of nitrogens with zero attached hydrogens (tertiary/aromatic N) is 4. The summed E-state index contributed by atoms with van der Waals surface area (Å²) in [6.45, 7) is 0.511. The van der Waals surface area contributed by atoms with E-state index in [1.807, 2.05) is 0 Å². The quantitative estimate of drug-likeness (QED) is 0.700. The Morgan fingerprint density at radius 2 is 1.93 bits per heavy atom. The smallest absolute Gasteiger partial charge is 0.243 e. The molecule has 1 fully saturated rings. The molecule has 1 amide bonds. The van der Waals surface area contributed by atoms with Crippen molar-refractivity contribution in [2.45, 2.75) is 17.7 Å². The highest BCUT2D eigenvalue weighted by Crippen LogP contribution is 2.25. The number of piperidine rings is 1. The van der Waals surface area contributed by atoms with Crippen LogP contribution < -0.4 is 5.32 Å². The lowest BCUT2D eigenvalue weighted by atomic mass is 9.99. The molecule has 1 saturated heterocycles. The van der Waals surface area contributed by atoms with Gasteiger partial charge in [0.15, 0.2) is 5.65 Å². The molecule has 1 N–H and O–H groups in total. The summed E-state index contributed by atoms with van der Waals surface area (Å²) >= 11 is 5.85. The Balaban J connectivity index is 1.51. The second kappa shape index (κ2) is 7.50. The third kappa shape index (κ3) is 3.60. The summed E-state index contributed by atoms with van der Waals surface area (Å²) in [5.74, 6) is -0.189. The Labute approximate surface area is 167 Å². The molecular formula is C18H18ClN5O3S. The molecule has 0 saturated carbocycles. The average molecular weight is 420 g/mol. The first kappa shape index (κ1) is 18.9. The zero-order valence-electron chi connectivity index (χ0n) is 14.8. The van der Waals surface area contributed by atoms with Crippen molar-refractivity contribution in [1.29, 1.82) is 0 Å². The number of carbonyl (C=O) groups excluding carboxylic acids is 1. The van der Waals surface area contributed by atoms with Crippen molar-refractivity contribution in [3.8, 4) is 0 Å². The third-order valence-electron chi connectivity index (χ3n) is 4.75. The maximum Gasteiger partial charge on any atom is 0.243 e. The fraction of sp³-hybridized carbons (Fsp3) is 0.278. The number of hydrogen-bond acceptors (Lipinski definition) is 5. The monoisotopic (exact) mass is 419 g/mol. The number of amides is 1. The van der Waals surface area contributed by atoms with E-state index in [-0.39, 0.29) is 17.3 Å². The van der Waals surface area contributed by atoms with Gasteiger partial charge in [-0.3, -0.25) is 4.79 Å². The van der Waals surface area contributed by atoms with Crippen LogP contribution in [0.15, 0.2) is 53.7 Å². The van der Waals surface area contributed by atoms with Crippen molar-refractivity contribution in [1.82, 2.24) is 18.9 Å². The minimum atomic E-state index is -3.68. The summed E-state index contributed by atoms with van der Waals surface area (Å²) in [4.78, 5) is 17.1. The molecule has 3 heterocycles. The number of anilines is 1. The van der Waals surface area contributed by atoms with E-state index < -0.39 is 15.9 Å². The molecule has 1 unspecified atom stereocenters. The highest BCUT2D eigenvalue weighted by atomic mass is 35.5. The average Bonchev–Trinajstić information content (AvgIpc) is 3.18. The summed E-state index contributed by atoms with van der Waals surface area (Å²) in [5, 5.41) is 7.45. The number of hydrogen-bond donors (Lipinski definition) is 1. The van der Waals surface area contributed by atoms with Gasteiger partial charge in [0, 0.05) is 30.4 Å². The molecule has 1 aromatic carbocycles. The van der Waals surface area contributed by atoms with Gasteiger partial charge in [-0.05, 0) is 43.2 Å². The first-order chi connectivity index (χ1) is 13.4. The molecule has 28 heavy (non-hydrogen) atoms. The van der Waals surface area contributed by atoms with Crippen LogP contribution in [0.4, 0.5) is 5.82 Å². The van der Waals surface area contributed by atoms with Crippen molar-refractivity contribution in [3.05, 3.63) is 53.8 Å². The predicted molar refractivity (Wildman–Crippen MR) is 105 cm³/mol. The molecule has 8 nitrogen and oxygen atoms in total. The predicted octanol–water partition coefficient (Wildman–Crippen LogP) is 2.42. The van der Waals surface area contributed by atoms with Crippen molar-refractivity contribution < 1.29 is 13.2 Å². The highest BCUT2D eigenvalue weighted by molar-refractivity contribution is 7.89. The van der Waals surface area contributed by atoms with Crippen LogP contribution in [-0.4, -0.2) is 46.3 Å². The molecule has 3 aromatic rings. The van der Waals surface area contributed by atoms with Crippen LogP contribution in [0.2, 0.25) is 5.02 Å². The van der Waals surface area contributed by atoms with Gasteiger partial charge in [0.1, 0.15) is 5.82 Å². The Bertz CT molecular complexity index is 1110. The van der Waals surface area contributed by atoms with E-state index in [1.165, 1.54) is 21.0 Å². The number of benzene rings is 1. The number of carbonyl (C=O) groups is 1. The van der Waals surface area contributed by atoms with E-state index in [1.54, 1.807) is 36.7 Å². The molecule has 10 heteroatoms. The molecule has 1 atom stereocenters. The molecule has 0 radical (unpaired) electrons. The molecule has 4 rings (SSSR count). The van der Waals surface area contributed by atoms with Gasteiger partial charge in [-0.2, -0.15) is 13.9 Å². The van der Waals surface area contributed by atoms with Gasteiger partial charge in [-0.1, -0.05) is 11.6 Å². The Morgan fingerprint density at radius 1 is 1.14 bits per heavy atom. The van der Waals surface area contributed by atoms with Crippen molar-refractivity contribution in [2.75, 3.05) is 18.4 Å². The minimum Gasteiger partial charge on any atom is -0.310 e. The third-order valence-corrected chi connectivity index (χ3v) is 6.88. The van der Waals surface area contributed by atoms with Crippen LogP contribution in [0.5, 0.6) is 0 Å². The van der Waals surface area contributed by atoms with Crippen molar-refractivity contribution >= 4 is 39.0 Å². The number of fused-ring (bicyclic) bond motifs is 1. The fourth-order valence-corrected chi connectivity index (χ4v) is 4.94. The van der Waals surface area contributed by atoms with E-state index in [0.717, 1.165) is 0 Å². The first-order valence-electron chi connectivity index (χ1n) is 8.80. The molecule has 0 spiro atoms. The van der Waals surface area contributed by atoms with Gasteiger partial charge < -0.3 is 5.32 Å². The van der Waals surface area contributed by atoms with Gasteiger partial charge in [0.05, 0.1) is 17.0 Å². The summed E-state index contributed by atoms with van der Waals surface area (Å²) in [6.07, 6.45) is 4.41. The Hall–Kier alpha value is -2.49. The number of rotatable bonds is 4. The summed E-state index contributed by atoms with van der Waals surface area (Å²) in [5.41, 5.74) is 0.619. The second-order valence-electron chi connectivity index (χ2n) is 6.58. The van der Waals surface area contributed by atoms with E-state index in [0.29, 0.717) is 35.9 Å². The number of halogens is 1. The number of aromatic nitrogens is 3. The van der Waals surface area contributed by atoms with Crippen LogP contribution in [0.3, 0.4) is 0 Å². The topological polar surface area (TPSA) is 96.7 Å². The van der Waals surface area contributed by atoms with Gasteiger partial charge in [0.2, 0.25) is 15.9 Å². The fourth-order valence-electron chi connectivity index (χ4n) is 3.29. The van der Waals surface area contributed by atoms with Gasteiger partial charge in [-0.25, -0.2) is 13.4 Å². The van der Waals surface area contributed by atoms with E-state index in [4.69, 9.17) is 11.6 Å². The normalized spacial score (nSPS) is 18.2. The summed E-state index contributed by atoms with van der Waals surface area (Å²) in [6, 6.07) is 9.43. The molecule has 2 aromatic heterocycles. The zero-order valence-corrected chi connectivity index (χ0v) is 16.4. The van der Waals surface area contributed by atoms with Crippen LogP contribution >= 0.6 is 11.6 Å². The minimum absolute atomic E-state index is 0.129. The standard InChI is InChI=1S/C18H18ClN5O3S/c19-14-3-5-15(6-4-14)28(26,27)23-11-1-2-13(12-23)18(25)22-17-7-9-20-16-8-10-21-24(16)17/h3-10,13H,1-2,11-12H2,(H,22,25). The van der Waals surface area contributed by atoms with E-state index in [2.05, 4.69) is 15.4 Å². The Morgan fingerprint density at radius 3 is 2.71 bits per heavy atom. The van der Waals surface area contributed by atoms with Crippen LogP contribution in [0.1, 0.15) is 12.8 Å². The maximum atomic E-state index is 12.9. The molecular weight excluding hydrogens is 402 g/mol. The van der Waals surface area contributed by atoms with Gasteiger partial charge >= 0.3 is 0 Å². The molecule has 146 valence electrons. The van der Waals surface area contributed by atoms with E-state index in [9.17, 15) is 13.2 Å². The molecule has 1 aliphatic rings. The second-order valence-corrected chi connectivity index (χ2v) is 8.95. The lowest BCUT2D eigenvalue weighted by Gasteiger charge is -2.31. The summed E-state index contributed by atoms with van der Waals surface area (Å²) < 4.78 is 28.7. The highest BCUT2D eigenvalue weighted by Gasteiger charge is 2.33. The van der Waals surface area contributed by atoms with Crippen LogP contribution in [-0.2, 0) is 14.8 Å². The van der Waals surface area contributed by atoms with Crippen LogP contribution in [0, 0.1) is 5.92 Å². The largest absolute Gasteiger partial charge is 0.310 e. The SMILES string of the molecule is O=C(Nc1ccnc2ccnn12)C1CCCN(S(=O)(=O)c2ccc(Cl)cc2)C1. The molecule has 0 bridgehead atoms. The Kier molecular flexibility index (Phi) is 5.05. The zero-order chi connectivity index (χ0) is 19.7. The van der Waals surface area contributed by atoms with Gasteiger partial charge in [0.25, 0.3) is 0 Å². The lowest BCUT2D eigenvalue weighted by Crippen LogP contribution is -2.43. The molecule has 1 aliphatic heterocycles.